The van der Waals surface area contributed by atoms with Crippen LogP contribution >= 0.6 is 19.5 Å². The standard InChI is InChI=1S/C31H38F2N5O9PS/c1-19(2)45-30(41)20(3)37-48(43,47-22-7-5-4-6-8-22)44-18-25(24(39)16-32)46-28(17-33)38-13-11-27(36-31(38)42)35-29(40)21-9-10-26-23(15-21)34-12-14-49-26/h4-11,13,15,19-20,24-25,28,34,39H,12,14,16-18H2,1-3H3,(H,37,43)(H,35,36,40,42)/t20-,24+,25-,28?,48?/m1/s1. The minimum Gasteiger partial charge on any atom is -0.462 e. The SMILES string of the molecule is CC(C)OC(=O)[C@@H](C)NP(=O)(OC[C@@H](OC(CF)n1ccc(NC(=O)c2ccc3c(c2)NCCS3)nc1=O)[C@@H](O)CF)Oc1ccccc1. The van der Waals surface area contributed by atoms with Crippen LogP contribution in [0.2, 0.25) is 0 Å². The molecule has 0 aliphatic carbocycles. The summed E-state index contributed by atoms with van der Waals surface area (Å²) in [6, 6.07) is 13.0. The molecule has 0 spiro atoms. The van der Waals surface area contributed by atoms with Gasteiger partial charge in [0.05, 0.1) is 12.7 Å². The Kier molecular flexibility index (Phi) is 13.7. The molecule has 1 aliphatic rings. The number of para-hydroxylation sites is 1. The molecule has 14 nitrogen and oxygen atoms in total. The van der Waals surface area contributed by atoms with Crippen molar-refractivity contribution in [1.82, 2.24) is 14.6 Å². The highest BCUT2D eigenvalue weighted by molar-refractivity contribution is 7.99. The molecule has 0 radical (unpaired) electrons. The molecule has 4 N–H and O–H groups in total. The van der Waals surface area contributed by atoms with Crippen LogP contribution in [0.25, 0.3) is 0 Å². The fraction of sp³-hybridized carbons (Fsp3) is 0.419. The third kappa shape index (κ3) is 10.8. The zero-order valence-electron chi connectivity index (χ0n) is 26.9. The maximum absolute atomic E-state index is 14.3. The van der Waals surface area contributed by atoms with E-state index in [0.29, 0.717) is 5.56 Å². The van der Waals surface area contributed by atoms with Crippen LogP contribution < -0.4 is 25.9 Å². The average molecular weight is 726 g/mol. The van der Waals surface area contributed by atoms with E-state index in [9.17, 15) is 32.8 Å². The number of thioether (sulfide) groups is 1. The molecule has 0 bridgehead atoms. The van der Waals surface area contributed by atoms with Crippen molar-refractivity contribution in [2.75, 3.05) is 42.9 Å². The zero-order valence-corrected chi connectivity index (χ0v) is 28.6. The lowest BCUT2D eigenvalue weighted by Crippen LogP contribution is -2.41. The number of carbonyl (C=O) groups excluding carboxylic acids is 2. The summed E-state index contributed by atoms with van der Waals surface area (Å²) in [6.07, 6.45) is -4.73. The monoisotopic (exact) mass is 725 g/mol. The number of nitrogens with zero attached hydrogens (tertiary/aromatic N) is 2. The lowest BCUT2D eigenvalue weighted by molar-refractivity contribution is -0.149. The van der Waals surface area contributed by atoms with Crippen LogP contribution in [-0.2, 0) is 23.4 Å². The van der Waals surface area contributed by atoms with Gasteiger partial charge in [-0.3, -0.25) is 18.7 Å². The van der Waals surface area contributed by atoms with Gasteiger partial charge < -0.3 is 29.7 Å². The molecule has 0 saturated carbocycles. The van der Waals surface area contributed by atoms with E-state index in [1.165, 1.54) is 25.1 Å². The fourth-order valence-electron chi connectivity index (χ4n) is 4.40. The van der Waals surface area contributed by atoms with Crippen molar-refractivity contribution in [3.8, 4) is 5.75 Å². The van der Waals surface area contributed by atoms with Crippen molar-refractivity contribution in [3.05, 3.63) is 76.8 Å². The Morgan fingerprint density at radius 3 is 2.55 bits per heavy atom. The number of halogens is 2. The van der Waals surface area contributed by atoms with Crippen LogP contribution in [0.3, 0.4) is 0 Å². The first-order valence-corrected chi connectivity index (χ1v) is 17.8. The molecular formula is C31H38F2N5O9PS. The van der Waals surface area contributed by atoms with Gasteiger partial charge in [-0.2, -0.15) is 10.1 Å². The number of nitrogens with one attached hydrogen (secondary N) is 3. The van der Waals surface area contributed by atoms with Gasteiger partial charge in [0.25, 0.3) is 5.91 Å². The van der Waals surface area contributed by atoms with Crippen molar-refractivity contribution in [2.24, 2.45) is 0 Å². The number of carbonyl (C=O) groups is 2. The molecule has 2 heterocycles. The smallest absolute Gasteiger partial charge is 0.459 e. The topological polar surface area (TPSA) is 179 Å². The number of rotatable bonds is 17. The van der Waals surface area contributed by atoms with E-state index in [0.717, 1.165) is 33.6 Å². The first kappa shape index (κ1) is 38.0. The van der Waals surface area contributed by atoms with Gasteiger partial charge in [0.2, 0.25) is 0 Å². The predicted molar refractivity (Wildman–Crippen MR) is 178 cm³/mol. The molecule has 2 unspecified atom stereocenters. The molecule has 1 aromatic heterocycles. The van der Waals surface area contributed by atoms with Crippen LogP contribution in [0, 0.1) is 0 Å². The van der Waals surface area contributed by atoms with E-state index < -0.39 is 75.9 Å². The molecule has 0 saturated heterocycles. The van der Waals surface area contributed by atoms with Gasteiger partial charge in [0, 0.05) is 34.6 Å². The minimum absolute atomic E-state index is 0.0833. The average Bonchev–Trinajstić information content (AvgIpc) is 3.08. The largest absolute Gasteiger partial charge is 0.462 e. The summed E-state index contributed by atoms with van der Waals surface area (Å²) in [5, 5.41) is 18.6. The molecule has 266 valence electrons. The van der Waals surface area contributed by atoms with Crippen LogP contribution in [-0.4, -0.2) is 83.1 Å². The molecule has 4 rings (SSSR count). The number of hydrogen-bond donors (Lipinski definition) is 4. The highest BCUT2D eigenvalue weighted by Gasteiger charge is 2.36. The molecule has 1 amide bonds. The van der Waals surface area contributed by atoms with Gasteiger partial charge >= 0.3 is 19.4 Å². The van der Waals surface area contributed by atoms with Gasteiger partial charge in [-0.15, -0.1) is 11.8 Å². The molecule has 1 aliphatic heterocycles. The Morgan fingerprint density at radius 2 is 1.88 bits per heavy atom. The molecule has 18 heteroatoms. The van der Waals surface area contributed by atoms with Gasteiger partial charge in [-0.05, 0) is 57.2 Å². The Morgan fingerprint density at radius 1 is 1.12 bits per heavy atom. The summed E-state index contributed by atoms with van der Waals surface area (Å²) in [5.74, 6) is -0.439. The van der Waals surface area contributed by atoms with E-state index in [2.05, 4.69) is 20.7 Å². The molecule has 5 atom stereocenters. The lowest BCUT2D eigenvalue weighted by atomic mass is 10.2. The number of aromatic nitrogens is 2. The van der Waals surface area contributed by atoms with E-state index in [-0.39, 0.29) is 11.6 Å². The van der Waals surface area contributed by atoms with Crippen LogP contribution in [0.5, 0.6) is 5.75 Å². The highest BCUT2D eigenvalue weighted by Crippen LogP contribution is 2.45. The number of ether oxygens (including phenoxy) is 2. The zero-order chi connectivity index (χ0) is 35.6. The van der Waals surface area contributed by atoms with Crippen LogP contribution in [0.4, 0.5) is 20.3 Å². The fourth-order valence-corrected chi connectivity index (χ4v) is 6.77. The molecule has 49 heavy (non-hydrogen) atoms. The third-order valence-electron chi connectivity index (χ3n) is 6.78. The summed E-state index contributed by atoms with van der Waals surface area (Å²) in [7, 11) is -4.47. The van der Waals surface area contributed by atoms with E-state index in [1.807, 2.05) is 6.07 Å². The van der Waals surface area contributed by atoms with Crippen molar-refractivity contribution >= 4 is 42.9 Å². The summed E-state index contributed by atoms with van der Waals surface area (Å²) in [4.78, 5) is 43.0. The number of fused-ring (bicyclic) bond motifs is 1. The third-order valence-corrected chi connectivity index (χ3v) is 9.50. The van der Waals surface area contributed by atoms with Crippen LogP contribution in [0.15, 0.2) is 70.5 Å². The number of anilines is 2. The predicted octanol–water partition coefficient (Wildman–Crippen LogP) is 4.33. The summed E-state index contributed by atoms with van der Waals surface area (Å²) in [6.45, 7) is 1.80. The minimum atomic E-state index is -4.47. The van der Waals surface area contributed by atoms with Crippen LogP contribution in [0.1, 0.15) is 37.4 Å². The number of hydrogen-bond acceptors (Lipinski definition) is 12. The lowest BCUT2D eigenvalue weighted by Gasteiger charge is -2.29. The number of aliphatic hydroxyl groups excluding tert-OH is 1. The normalized spacial score (nSPS) is 16.3. The quantitative estimate of drug-likeness (QED) is 0.114. The van der Waals surface area contributed by atoms with Gasteiger partial charge in [-0.1, -0.05) is 18.2 Å². The van der Waals surface area contributed by atoms with Crippen molar-refractivity contribution in [2.45, 2.75) is 56.2 Å². The maximum atomic E-state index is 14.3. The number of benzene rings is 2. The number of aliphatic hydroxyl groups is 1. The summed E-state index contributed by atoms with van der Waals surface area (Å²) < 4.78 is 64.2. The van der Waals surface area contributed by atoms with E-state index >= 15 is 0 Å². The summed E-state index contributed by atoms with van der Waals surface area (Å²) >= 11 is 1.66. The second kappa shape index (κ2) is 17.7. The molecule has 2 aromatic carbocycles. The van der Waals surface area contributed by atoms with E-state index in [1.54, 1.807) is 55.9 Å². The number of esters is 1. The van der Waals surface area contributed by atoms with Gasteiger partial charge in [0.15, 0.2) is 6.23 Å². The Labute approximate surface area is 285 Å². The Balaban J connectivity index is 1.47. The van der Waals surface area contributed by atoms with Gasteiger partial charge in [0.1, 0.15) is 43.2 Å². The van der Waals surface area contributed by atoms with Crippen molar-refractivity contribution in [1.29, 1.82) is 0 Å². The second-order valence-electron chi connectivity index (χ2n) is 11.0. The Bertz CT molecular complexity index is 1690. The Hall–Kier alpha value is -3.86. The second-order valence-corrected chi connectivity index (χ2v) is 13.8. The number of amides is 1. The van der Waals surface area contributed by atoms with Gasteiger partial charge in [-0.25, -0.2) is 18.1 Å². The maximum Gasteiger partial charge on any atom is 0.459 e. The first-order chi connectivity index (χ1) is 23.4. The molecule has 0 fully saturated rings. The highest BCUT2D eigenvalue weighted by atomic mass is 32.2. The van der Waals surface area contributed by atoms with Crippen molar-refractivity contribution < 1.29 is 46.6 Å². The summed E-state index contributed by atoms with van der Waals surface area (Å²) in [5.41, 5.74) is 0.101. The number of alkyl halides is 2. The first-order valence-electron chi connectivity index (χ1n) is 15.3. The van der Waals surface area contributed by atoms with E-state index in [4.69, 9.17) is 18.5 Å². The van der Waals surface area contributed by atoms with Crippen molar-refractivity contribution in [3.63, 3.8) is 0 Å². The molecule has 3 aromatic rings. The molecular weight excluding hydrogens is 687 g/mol.